The van der Waals surface area contributed by atoms with Crippen LogP contribution in [0.2, 0.25) is 0 Å². The van der Waals surface area contributed by atoms with E-state index in [-0.39, 0.29) is 5.56 Å². The topological polar surface area (TPSA) is 46.9 Å². The summed E-state index contributed by atoms with van der Waals surface area (Å²) in [4.78, 5) is 12.9. The van der Waals surface area contributed by atoms with E-state index in [9.17, 15) is 4.79 Å². The summed E-state index contributed by atoms with van der Waals surface area (Å²) in [5, 5.41) is 9.31. The summed E-state index contributed by atoms with van der Waals surface area (Å²) in [5.41, 5.74) is 0.691. The average molecular weight is 249 g/mol. The molecule has 0 aliphatic carbocycles. The molecule has 0 amide bonds. The van der Waals surface area contributed by atoms with Gasteiger partial charge in [-0.25, -0.2) is 4.68 Å². The molecule has 0 spiro atoms. The van der Waals surface area contributed by atoms with Crippen molar-refractivity contribution in [2.45, 2.75) is 26.4 Å². The third-order valence-corrected chi connectivity index (χ3v) is 3.07. The summed E-state index contributed by atoms with van der Waals surface area (Å²) in [5.74, 6) is 0. The normalized spacial score (nSPS) is 10.8. The lowest BCUT2D eigenvalue weighted by Gasteiger charge is -2.10. The molecule has 0 aliphatic heterocycles. The van der Waals surface area contributed by atoms with Crippen molar-refractivity contribution in [3.63, 3.8) is 0 Å². The molecule has 0 bridgehead atoms. The monoisotopic (exact) mass is 249 g/mol. The number of nitrogens with zero attached hydrogens (tertiary/aromatic N) is 2. The second-order valence-corrected chi connectivity index (χ2v) is 5.15. The molecule has 2 aromatic rings. The number of anilines is 1. The van der Waals surface area contributed by atoms with Gasteiger partial charge < -0.3 is 5.32 Å². The van der Waals surface area contributed by atoms with Gasteiger partial charge in [-0.05, 0) is 25.3 Å². The Bertz CT molecular complexity index is 531. The molecule has 0 aliphatic rings. The molecule has 1 N–H and O–H groups in total. The largest absolute Gasteiger partial charge is 0.381 e. The minimum absolute atomic E-state index is 0.0796. The van der Waals surface area contributed by atoms with Crippen molar-refractivity contribution in [1.82, 2.24) is 9.78 Å². The zero-order valence-corrected chi connectivity index (χ0v) is 10.7. The first-order chi connectivity index (χ1) is 8.15. The summed E-state index contributed by atoms with van der Waals surface area (Å²) in [7, 11) is 0. The molecule has 2 rings (SSSR count). The molecule has 17 heavy (non-hydrogen) atoms. The standard InChI is InChI=1S/C12H15N3OS/c1-9(2)14-10-6-12(16)15(13-7-10)8-11-4-3-5-17-11/h3-7,9,14H,8H2,1-2H3. The number of hydrogen-bond donors (Lipinski definition) is 1. The van der Waals surface area contributed by atoms with Crippen LogP contribution in [-0.2, 0) is 6.54 Å². The lowest BCUT2D eigenvalue weighted by molar-refractivity contribution is 0.645. The van der Waals surface area contributed by atoms with E-state index in [0.29, 0.717) is 12.6 Å². The van der Waals surface area contributed by atoms with Crippen LogP contribution in [0, 0.1) is 0 Å². The summed E-state index contributed by atoms with van der Waals surface area (Å²) >= 11 is 1.63. The van der Waals surface area contributed by atoms with Crippen LogP contribution in [0.25, 0.3) is 0 Å². The molecule has 90 valence electrons. The van der Waals surface area contributed by atoms with Gasteiger partial charge in [0.25, 0.3) is 5.56 Å². The number of rotatable bonds is 4. The van der Waals surface area contributed by atoms with Crippen molar-refractivity contribution in [2.75, 3.05) is 5.32 Å². The Hall–Kier alpha value is -1.62. The highest BCUT2D eigenvalue weighted by atomic mass is 32.1. The van der Waals surface area contributed by atoms with Crippen molar-refractivity contribution in [3.05, 3.63) is 45.0 Å². The van der Waals surface area contributed by atoms with E-state index >= 15 is 0 Å². The van der Waals surface area contributed by atoms with Crippen LogP contribution in [0.1, 0.15) is 18.7 Å². The van der Waals surface area contributed by atoms with Gasteiger partial charge in [-0.15, -0.1) is 11.3 Å². The molecule has 0 aromatic carbocycles. The molecule has 5 heteroatoms. The molecular formula is C12H15N3OS. The highest BCUT2D eigenvalue weighted by Crippen LogP contribution is 2.09. The summed E-state index contributed by atoms with van der Waals surface area (Å²) in [6, 6.07) is 5.85. The Kier molecular flexibility index (Phi) is 3.58. The van der Waals surface area contributed by atoms with Gasteiger partial charge in [0.15, 0.2) is 0 Å². The van der Waals surface area contributed by atoms with Crippen LogP contribution in [-0.4, -0.2) is 15.8 Å². The van der Waals surface area contributed by atoms with E-state index in [2.05, 4.69) is 10.4 Å². The van der Waals surface area contributed by atoms with Gasteiger partial charge in [-0.3, -0.25) is 4.79 Å². The second-order valence-electron chi connectivity index (χ2n) is 4.12. The van der Waals surface area contributed by atoms with Gasteiger partial charge in [0.2, 0.25) is 0 Å². The molecule has 0 radical (unpaired) electrons. The lowest BCUT2D eigenvalue weighted by atomic mass is 10.3. The van der Waals surface area contributed by atoms with Gasteiger partial charge in [0, 0.05) is 17.0 Å². The number of aromatic nitrogens is 2. The predicted molar refractivity (Wildman–Crippen MR) is 70.7 cm³/mol. The minimum atomic E-state index is -0.0796. The molecule has 0 fully saturated rings. The van der Waals surface area contributed by atoms with Gasteiger partial charge in [0.05, 0.1) is 18.4 Å². The van der Waals surface area contributed by atoms with Gasteiger partial charge >= 0.3 is 0 Å². The SMILES string of the molecule is CC(C)Nc1cnn(Cc2cccs2)c(=O)c1. The molecule has 2 aromatic heterocycles. The van der Waals surface area contributed by atoms with Crippen molar-refractivity contribution >= 4 is 17.0 Å². The maximum absolute atomic E-state index is 11.8. The third-order valence-electron chi connectivity index (χ3n) is 2.21. The molecule has 0 unspecified atom stereocenters. The van der Waals surface area contributed by atoms with E-state index in [1.165, 1.54) is 4.68 Å². The first-order valence-corrected chi connectivity index (χ1v) is 6.39. The minimum Gasteiger partial charge on any atom is -0.381 e. The fourth-order valence-corrected chi connectivity index (χ4v) is 2.20. The fraction of sp³-hybridized carbons (Fsp3) is 0.333. The Labute approximate surface area is 104 Å². The summed E-state index contributed by atoms with van der Waals surface area (Å²) < 4.78 is 1.47. The summed E-state index contributed by atoms with van der Waals surface area (Å²) in [6.45, 7) is 4.59. The predicted octanol–water partition coefficient (Wildman–Crippen LogP) is 2.17. The van der Waals surface area contributed by atoms with Gasteiger partial charge in [-0.1, -0.05) is 6.07 Å². The van der Waals surface area contributed by atoms with E-state index < -0.39 is 0 Å². The van der Waals surface area contributed by atoms with Gasteiger partial charge in [0.1, 0.15) is 0 Å². The smallest absolute Gasteiger partial charge is 0.269 e. The van der Waals surface area contributed by atoms with E-state index in [0.717, 1.165) is 10.6 Å². The van der Waals surface area contributed by atoms with Crippen LogP contribution < -0.4 is 10.9 Å². The Morgan fingerprint density at radius 2 is 2.35 bits per heavy atom. The maximum atomic E-state index is 11.8. The highest BCUT2D eigenvalue weighted by Gasteiger charge is 2.02. The second kappa shape index (κ2) is 5.14. The van der Waals surface area contributed by atoms with Crippen molar-refractivity contribution < 1.29 is 0 Å². The highest BCUT2D eigenvalue weighted by molar-refractivity contribution is 7.09. The Morgan fingerprint density at radius 1 is 1.53 bits per heavy atom. The number of hydrogen-bond acceptors (Lipinski definition) is 4. The maximum Gasteiger partial charge on any atom is 0.269 e. The number of thiophene rings is 1. The average Bonchev–Trinajstić information content (AvgIpc) is 2.74. The first-order valence-electron chi connectivity index (χ1n) is 5.51. The molecule has 4 nitrogen and oxygen atoms in total. The van der Waals surface area contributed by atoms with Crippen LogP contribution in [0.4, 0.5) is 5.69 Å². The molecule has 0 atom stereocenters. The zero-order valence-electron chi connectivity index (χ0n) is 9.88. The molecular weight excluding hydrogens is 234 g/mol. The quantitative estimate of drug-likeness (QED) is 0.903. The van der Waals surface area contributed by atoms with Crippen LogP contribution in [0.5, 0.6) is 0 Å². The molecule has 2 heterocycles. The van der Waals surface area contributed by atoms with Crippen LogP contribution in [0.3, 0.4) is 0 Å². The van der Waals surface area contributed by atoms with Crippen molar-refractivity contribution in [1.29, 1.82) is 0 Å². The molecule has 0 saturated heterocycles. The lowest BCUT2D eigenvalue weighted by Crippen LogP contribution is -2.23. The fourth-order valence-electron chi connectivity index (χ4n) is 1.51. The van der Waals surface area contributed by atoms with E-state index in [1.54, 1.807) is 23.6 Å². The zero-order chi connectivity index (χ0) is 12.3. The first kappa shape index (κ1) is 11.9. The Balaban J connectivity index is 2.17. The number of nitrogens with one attached hydrogen (secondary N) is 1. The van der Waals surface area contributed by atoms with Crippen LogP contribution >= 0.6 is 11.3 Å². The van der Waals surface area contributed by atoms with E-state index in [1.807, 2.05) is 31.4 Å². The van der Waals surface area contributed by atoms with Crippen molar-refractivity contribution in [2.24, 2.45) is 0 Å². The summed E-state index contributed by atoms with van der Waals surface area (Å²) in [6.07, 6.45) is 1.69. The van der Waals surface area contributed by atoms with Crippen LogP contribution in [0.15, 0.2) is 34.6 Å². The Morgan fingerprint density at radius 3 is 2.94 bits per heavy atom. The van der Waals surface area contributed by atoms with Gasteiger partial charge in [-0.2, -0.15) is 5.10 Å². The van der Waals surface area contributed by atoms with Crippen molar-refractivity contribution in [3.8, 4) is 0 Å². The molecule has 0 saturated carbocycles. The van der Waals surface area contributed by atoms with E-state index in [4.69, 9.17) is 0 Å². The third kappa shape index (κ3) is 3.17.